The molecule has 0 radical (unpaired) electrons. The number of rotatable bonds is 0. The molecule has 5 rings (SSSR count). The average molecular weight is 276 g/mol. The number of allylic oxidation sites excluding steroid dienone is 2. The zero-order valence-electron chi connectivity index (χ0n) is 10.5. The van der Waals surface area contributed by atoms with Gasteiger partial charge >= 0.3 is 0 Å². The molecule has 0 N–H and O–H groups in total. The Morgan fingerprint density at radius 2 is 1.60 bits per heavy atom. The summed E-state index contributed by atoms with van der Waals surface area (Å²) in [7, 11) is -0.595. The maximum Gasteiger partial charge on any atom is 0.144 e. The van der Waals surface area contributed by atoms with Crippen LogP contribution in [0.2, 0.25) is 0 Å². The second kappa shape index (κ2) is 3.64. The van der Waals surface area contributed by atoms with Crippen molar-refractivity contribution in [2.45, 2.75) is 0 Å². The van der Waals surface area contributed by atoms with Crippen molar-refractivity contribution in [1.82, 2.24) is 0 Å². The molecule has 1 unspecified atom stereocenters. The maximum atomic E-state index is 6.04. The van der Waals surface area contributed by atoms with Gasteiger partial charge in [-0.15, -0.1) is 5.73 Å². The molecule has 1 atom stereocenters. The van der Waals surface area contributed by atoms with Crippen LogP contribution in [0.5, 0.6) is 17.2 Å². The van der Waals surface area contributed by atoms with Crippen molar-refractivity contribution in [2.75, 3.05) is 0 Å². The number of para-hydroxylation sites is 1. The molecular formula is C17H9O2P. The van der Waals surface area contributed by atoms with Crippen LogP contribution < -0.4 is 20.1 Å². The average Bonchev–Trinajstić information content (AvgIpc) is 2.95. The summed E-state index contributed by atoms with van der Waals surface area (Å²) in [6.45, 7) is 0. The SMILES string of the molecule is C1=CC2=C(C=1)P1c3ccccc3Oc3cccc(c31)O2. The molecule has 20 heavy (non-hydrogen) atoms. The van der Waals surface area contributed by atoms with E-state index in [-0.39, 0.29) is 0 Å². The van der Waals surface area contributed by atoms with E-state index >= 15 is 0 Å². The van der Waals surface area contributed by atoms with Crippen LogP contribution in [0.15, 0.2) is 71.4 Å². The van der Waals surface area contributed by atoms with Gasteiger partial charge in [0.05, 0.1) is 5.30 Å². The van der Waals surface area contributed by atoms with Crippen LogP contribution in [-0.2, 0) is 0 Å². The summed E-state index contributed by atoms with van der Waals surface area (Å²) in [6, 6.07) is 14.3. The zero-order chi connectivity index (χ0) is 13.1. The minimum absolute atomic E-state index is 0.595. The minimum Gasteiger partial charge on any atom is -0.456 e. The Morgan fingerprint density at radius 3 is 2.55 bits per heavy atom. The van der Waals surface area contributed by atoms with Gasteiger partial charge in [0.1, 0.15) is 23.0 Å². The quantitative estimate of drug-likeness (QED) is 0.541. The first-order chi connectivity index (χ1) is 9.92. The molecule has 94 valence electrons. The largest absolute Gasteiger partial charge is 0.456 e. The van der Waals surface area contributed by atoms with E-state index in [2.05, 4.69) is 17.9 Å². The Kier molecular flexibility index (Phi) is 1.91. The predicted molar refractivity (Wildman–Crippen MR) is 79.5 cm³/mol. The Hall–Kier alpha value is -2.27. The fourth-order valence-electron chi connectivity index (χ4n) is 2.82. The van der Waals surface area contributed by atoms with Gasteiger partial charge in [0.2, 0.25) is 0 Å². The molecule has 2 aliphatic heterocycles. The van der Waals surface area contributed by atoms with Crippen LogP contribution in [0, 0.1) is 0 Å². The van der Waals surface area contributed by atoms with Crippen LogP contribution in [0.1, 0.15) is 0 Å². The zero-order valence-corrected chi connectivity index (χ0v) is 11.4. The monoisotopic (exact) mass is 276 g/mol. The molecule has 0 bridgehead atoms. The molecule has 0 amide bonds. The molecular weight excluding hydrogens is 267 g/mol. The Bertz CT molecular complexity index is 857. The summed E-state index contributed by atoms with van der Waals surface area (Å²) in [6.07, 6.45) is 3.97. The van der Waals surface area contributed by atoms with Gasteiger partial charge in [-0.1, -0.05) is 24.3 Å². The fourth-order valence-corrected chi connectivity index (χ4v) is 5.35. The summed E-state index contributed by atoms with van der Waals surface area (Å²) in [5.41, 5.74) is 3.16. The van der Waals surface area contributed by atoms with Crippen molar-refractivity contribution in [1.29, 1.82) is 0 Å². The van der Waals surface area contributed by atoms with Gasteiger partial charge < -0.3 is 9.47 Å². The van der Waals surface area contributed by atoms with Gasteiger partial charge in [-0.25, -0.2) is 0 Å². The first kappa shape index (κ1) is 10.5. The maximum absolute atomic E-state index is 6.04. The van der Waals surface area contributed by atoms with Gasteiger partial charge in [-0.3, -0.25) is 0 Å². The molecule has 0 saturated heterocycles. The van der Waals surface area contributed by atoms with Crippen LogP contribution in [0.3, 0.4) is 0 Å². The van der Waals surface area contributed by atoms with Crippen molar-refractivity contribution in [3.8, 4) is 17.2 Å². The third-order valence-corrected chi connectivity index (χ3v) is 6.23. The van der Waals surface area contributed by atoms with Gasteiger partial charge in [-0.05, 0) is 24.3 Å². The molecule has 2 aromatic carbocycles. The van der Waals surface area contributed by atoms with Crippen molar-refractivity contribution in [2.24, 2.45) is 0 Å². The van der Waals surface area contributed by atoms with Crippen molar-refractivity contribution in [3.63, 3.8) is 0 Å². The lowest BCUT2D eigenvalue weighted by atomic mass is 10.3. The van der Waals surface area contributed by atoms with Crippen LogP contribution in [0.25, 0.3) is 0 Å². The topological polar surface area (TPSA) is 18.5 Å². The van der Waals surface area contributed by atoms with Gasteiger partial charge in [0.15, 0.2) is 0 Å². The number of hydrogen-bond donors (Lipinski definition) is 0. The van der Waals surface area contributed by atoms with Crippen LogP contribution in [0.4, 0.5) is 0 Å². The summed E-state index contributed by atoms with van der Waals surface area (Å²) >= 11 is 0. The third-order valence-electron chi connectivity index (χ3n) is 3.66. The number of ether oxygens (including phenoxy) is 2. The minimum atomic E-state index is -0.595. The summed E-state index contributed by atoms with van der Waals surface area (Å²) < 4.78 is 12.0. The molecule has 1 aliphatic carbocycles. The fraction of sp³-hybridized carbons (Fsp3) is 0. The van der Waals surface area contributed by atoms with Crippen molar-refractivity contribution >= 4 is 18.5 Å². The first-order valence-electron chi connectivity index (χ1n) is 6.46. The highest BCUT2D eigenvalue weighted by Crippen LogP contribution is 2.57. The lowest BCUT2D eigenvalue weighted by molar-refractivity contribution is 0.437. The van der Waals surface area contributed by atoms with E-state index in [9.17, 15) is 0 Å². The molecule has 0 saturated carbocycles. The first-order valence-corrected chi connectivity index (χ1v) is 7.81. The van der Waals surface area contributed by atoms with E-state index in [0.29, 0.717) is 0 Å². The lowest BCUT2D eigenvalue weighted by Gasteiger charge is -2.33. The second-order valence-corrected chi connectivity index (χ2v) is 6.90. The summed E-state index contributed by atoms with van der Waals surface area (Å²) in [5, 5.41) is 3.68. The number of fused-ring (bicyclic) bond motifs is 3. The van der Waals surface area contributed by atoms with E-state index in [0.717, 1.165) is 23.0 Å². The molecule has 0 fully saturated rings. The summed E-state index contributed by atoms with van der Waals surface area (Å²) in [4.78, 5) is 0. The molecule has 3 heteroatoms. The van der Waals surface area contributed by atoms with E-state index in [1.807, 2.05) is 42.5 Å². The number of hydrogen-bond acceptors (Lipinski definition) is 2. The van der Waals surface area contributed by atoms with Crippen molar-refractivity contribution in [3.05, 3.63) is 71.4 Å². The Morgan fingerprint density at radius 1 is 0.800 bits per heavy atom. The smallest absolute Gasteiger partial charge is 0.144 e. The van der Waals surface area contributed by atoms with Gasteiger partial charge in [0, 0.05) is 24.6 Å². The lowest BCUT2D eigenvalue weighted by Crippen LogP contribution is -2.26. The standard InChI is InChI=1S/C17H9O2P/c1-2-9-15-11(5-1)18-13-7-3-8-14-17(13)20(15)16-10-4-6-12(16)19-14/h1-3,5-10H. The molecule has 2 nitrogen and oxygen atoms in total. The molecule has 3 aliphatic rings. The summed E-state index contributed by atoms with van der Waals surface area (Å²) in [5.74, 6) is 3.71. The predicted octanol–water partition coefficient (Wildman–Crippen LogP) is 3.55. The molecule has 0 spiro atoms. The normalized spacial score (nSPS) is 19.9. The highest BCUT2D eigenvalue weighted by Gasteiger charge is 2.37. The van der Waals surface area contributed by atoms with E-state index < -0.39 is 7.92 Å². The highest BCUT2D eigenvalue weighted by atomic mass is 31.1. The Balaban J connectivity index is 1.86. The number of benzene rings is 2. The van der Waals surface area contributed by atoms with E-state index in [1.165, 1.54) is 15.9 Å². The van der Waals surface area contributed by atoms with E-state index in [1.54, 1.807) is 0 Å². The third kappa shape index (κ3) is 1.23. The Labute approximate surface area is 117 Å². The van der Waals surface area contributed by atoms with E-state index in [4.69, 9.17) is 9.47 Å². The molecule has 0 aromatic heterocycles. The highest BCUT2D eigenvalue weighted by molar-refractivity contribution is 7.77. The van der Waals surface area contributed by atoms with Gasteiger partial charge in [0.25, 0.3) is 0 Å². The second-order valence-electron chi connectivity index (χ2n) is 4.81. The van der Waals surface area contributed by atoms with Crippen LogP contribution in [-0.4, -0.2) is 0 Å². The van der Waals surface area contributed by atoms with Crippen LogP contribution >= 0.6 is 7.92 Å². The van der Waals surface area contributed by atoms with Crippen molar-refractivity contribution < 1.29 is 9.47 Å². The molecule has 2 aromatic rings. The molecule has 2 heterocycles. The van der Waals surface area contributed by atoms with Gasteiger partial charge in [-0.2, -0.15) is 0 Å².